The molecule has 1 aliphatic rings. The molecular weight excluding hydrogens is 575 g/mol. The Morgan fingerprint density at radius 1 is 1.05 bits per heavy atom. The van der Waals surface area contributed by atoms with Crippen molar-refractivity contribution >= 4 is 58.0 Å². The van der Waals surface area contributed by atoms with Gasteiger partial charge in [0.25, 0.3) is 5.60 Å². The molecule has 1 atom stereocenters. The first kappa shape index (κ1) is 28.9. The smallest absolute Gasteiger partial charge is 0.374 e. The first-order valence-electron chi connectivity index (χ1n) is 10.3. The number of anilines is 1. The molecule has 3 rings (SSSR count). The average molecular weight is 591 g/mol. The summed E-state index contributed by atoms with van der Waals surface area (Å²) in [6.45, 7) is 1.00. The fourth-order valence-electron chi connectivity index (χ4n) is 3.45. The monoisotopic (exact) mass is 589 g/mol. The maximum atomic E-state index is 14.2. The molecule has 200 valence electrons. The van der Waals surface area contributed by atoms with Crippen molar-refractivity contribution in [3.05, 3.63) is 62.6 Å². The Kier molecular flexibility index (Phi) is 8.25. The van der Waals surface area contributed by atoms with E-state index < -0.39 is 54.6 Å². The third kappa shape index (κ3) is 6.60. The third-order valence-electron chi connectivity index (χ3n) is 5.22. The molecule has 0 aromatic heterocycles. The Labute approximate surface area is 221 Å². The Morgan fingerprint density at radius 3 is 2.22 bits per heavy atom. The molecule has 2 aromatic rings. The molecule has 0 fully saturated rings. The fourth-order valence-corrected chi connectivity index (χ4v) is 4.18. The molecule has 15 heteroatoms. The van der Waals surface area contributed by atoms with Crippen molar-refractivity contribution in [2.24, 2.45) is 5.16 Å². The second-order valence-electron chi connectivity index (χ2n) is 7.96. The first-order chi connectivity index (χ1) is 17.0. The Morgan fingerprint density at radius 2 is 1.68 bits per heavy atom. The Balaban J connectivity index is 1.94. The molecule has 1 N–H and O–H groups in total. The van der Waals surface area contributed by atoms with E-state index in [4.69, 9.17) is 39.6 Å². The van der Waals surface area contributed by atoms with Gasteiger partial charge in [-0.25, -0.2) is 5.01 Å². The SMILES string of the molecule is CC(=O)N(NC(=O)CCC(F)(F)F)c1cc(C2=NOC(c3cc(Cl)cc(Cl)c3)(C(F)(F)F)C2)ccc1Cl. The number of hydrazine groups is 1. The minimum Gasteiger partial charge on any atom is -0.374 e. The summed E-state index contributed by atoms with van der Waals surface area (Å²) >= 11 is 17.9. The first-order valence-corrected chi connectivity index (χ1v) is 11.4. The van der Waals surface area contributed by atoms with Crippen LogP contribution in [0.2, 0.25) is 15.1 Å². The number of rotatable bonds is 5. The lowest BCUT2D eigenvalue weighted by molar-refractivity contribution is -0.275. The molecule has 0 bridgehead atoms. The van der Waals surface area contributed by atoms with Gasteiger partial charge < -0.3 is 4.84 Å². The zero-order chi connectivity index (χ0) is 27.8. The van der Waals surface area contributed by atoms with E-state index in [1.54, 1.807) is 0 Å². The van der Waals surface area contributed by atoms with E-state index in [9.17, 15) is 35.9 Å². The number of hydrogen-bond acceptors (Lipinski definition) is 4. The number of nitrogens with zero attached hydrogens (tertiary/aromatic N) is 2. The molecular formula is C22H16Cl3F6N3O3. The second kappa shape index (κ2) is 10.6. The van der Waals surface area contributed by atoms with Crippen LogP contribution in [0.25, 0.3) is 0 Å². The predicted octanol–water partition coefficient (Wildman–Crippen LogP) is 6.96. The number of halogens is 9. The van der Waals surface area contributed by atoms with Crippen LogP contribution in [0.3, 0.4) is 0 Å². The Hall–Kier alpha value is -2.70. The maximum absolute atomic E-state index is 14.2. The summed E-state index contributed by atoms with van der Waals surface area (Å²) in [4.78, 5) is 29.1. The van der Waals surface area contributed by atoms with Crippen LogP contribution >= 0.6 is 34.8 Å². The van der Waals surface area contributed by atoms with Crippen LogP contribution in [-0.4, -0.2) is 29.9 Å². The van der Waals surface area contributed by atoms with Crippen LogP contribution in [-0.2, 0) is 20.0 Å². The van der Waals surface area contributed by atoms with Gasteiger partial charge in [-0.1, -0.05) is 46.0 Å². The van der Waals surface area contributed by atoms with Gasteiger partial charge in [0.05, 0.1) is 22.8 Å². The summed E-state index contributed by atoms with van der Waals surface area (Å²) in [5.41, 5.74) is -1.66. The van der Waals surface area contributed by atoms with E-state index >= 15 is 0 Å². The summed E-state index contributed by atoms with van der Waals surface area (Å²) in [5, 5.41) is 3.95. The van der Waals surface area contributed by atoms with E-state index in [0.717, 1.165) is 25.1 Å². The normalized spacial score (nSPS) is 17.7. The van der Waals surface area contributed by atoms with Gasteiger partial charge in [0.2, 0.25) is 11.8 Å². The van der Waals surface area contributed by atoms with Crippen molar-refractivity contribution in [3.8, 4) is 0 Å². The molecule has 37 heavy (non-hydrogen) atoms. The topological polar surface area (TPSA) is 71.0 Å². The minimum atomic E-state index is -4.96. The highest BCUT2D eigenvalue weighted by Gasteiger charge is 2.62. The van der Waals surface area contributed by atoms with Crippen molar-refractivity contribution in [1.29, 1.82) is 0 Å². The van der Waals surface area contributed by atoms with Gasteiger partial charge in [0.15, 0.2) is 0 Å². The van der Waals surface area contributed by atoms with Gasteiger partial charge >= 0.3 is 12.4 Å². The van der Waals surface area contributed by atoms with Crippen molar-refractivity contribution in [2.75, 3.05) is 5.01 Å². The third-order valence-corrected chi connectivity index (χ3v) is 5.98. The molecule has 0 saturated heterocycles. The molecule has 1 heterocycles. The molecule has 1 unspecified atom stereocenters. The van der Waals surface area contributed by atoms with Crippen molar-refractivity contribution in [2.45, 2.75) is 44.1 Å². The number of carbonyl (C=O) groups excluding carboxylic acids is 2. The molecule has 0 saturated carbocycles. The predicted molar refractivity (Wildman–Crippen MR) is 124 cm³/mol. The van der Waals surface area contributed by atoms with Gasteiger partial charge in [0.1, 0.15) is 0 Å². The average Bonchev–Trinajstić information content (AvgIpc) is 3.22. The lowest BCUT2D eigenvalue weighted by Gasteiger charge is -2.29. The van der Waals surface area contributed by atoms with E-state index in [-0.39, 0.29) is 32.0 Å². The van der Waals surface area contributed by atoms with Gasteiger partial charge in [-0.3, -0.25) is 15.0 Å². The number of alkyl halides is 6. The number of amides is 2. The number of benzene rings is 2. The zero-order valence-corrected chi connectivity index (χ0v) is 20.9. The highest BCUT2D eigenvalue weighted by atomic mass is 35.5. The van der Waals surface area contributed by atoms with Crippen molar-refractivity contribution in [3.63, 3.8) is 0 Å². The fraction of sp³-hybridized carbons (Fsp3) is 0.318. The molecule has 0 aliphatic carbocycles. The van der Waals surface area contributed by atoms with Crippen LogP contribution in [0, 0.1) is 0 Å². The van der Waals surface area contributed by atoms with E-state index in [1.165, 1.54) is 18.2 Å². The van der Waals surface area contributed by atoms with Gasteiger partial charge in [-0.15, -0.1) is 0 Å². The molecule has 6 nitrogen and oxygen atoms in total. The second-order valence-corrected chi connectivity index (χ2v) is 9.24. The molecule has 2 amide bonds. The van der Waals surface area contributed by atoms with E-state index in [0.29, 0.717) is 5.01 Å². The summed E-state index contributed by atoms with van der Waals surface area (Å²) in [6.07, 6.45) is -12.8. The van der Waals surface area contributed by atoms with Gasteiger partial charge in [0, 0.05) is 40.9 Å². The van der Waals surface area contributed by atoms with Crippen LogP contribution < -0.4 is 10.4 Å². The standard InChI is InChI=1S/C22H16Cl3F6N3O3/c1-11(35)34(32-19(36)4-5-21(26,27)28)18-6-12(2-3-16(18)25)17-10-20(37-33-17,22(29,30)31)13-7-14(23)9-15(24)8-13/h2-3,6-9H,4-5,10H2,1H3,(H,32,36). The van der Waals surface area contributed by atoms with Crippen LogP contribution in [0.1, 0.15) is 37.3 Å². The Bertz CT molecular complexity index is 1230. The quantitative estimate of drug-likeness (QED) is 0.303. The van der Waals surface area contributed by atoms with E-state index in [2.05, 4.69) is 5.16 Å². The highest BCUT2D eigenvalue weighted by molar-refractivity contribution is 6.35. The molecule has 1 aliphatic heterocycles. The summed E-state index contributed by atoms with van der Waals surface area (Å²) in [6, 6.07) is 7.00. The molecule has 0 radical (unpaired) electrons. The largest absolute Gasteiger partial charge is 0.435 e. The lowest BCUT2D eigenvalue weighted by atomic mass is 9.86. The summed E-state index contributed by atoms with van der Waals surface area (Å²) in [7, 11) is 0. The minimum absolute atomic E-state index is 0.0365. The van der Waals surface area contributed by atoms with Crippen LogP contribution in [0.5, 0.6) is 0 Å². The highest BCUT2D eigenvalue weighted by Crippen LogP contribution is 2.50. The zero-order valence-electron chi connectivity index (χ0n) is 18.6. The number of hydrogen-bond donors (Lipinski definition) is 1. The van der Waals surface area contributed by atoms with Crippen LogP contribution in [0.15, 0.2) is 41.6 Å². The van der Waals surface area contributed by atoms with E-state index in [1.807, 2.05) is 5.43 Å². The van der Waals surface area contributed by atoms with Crippen molar-refractivity contribution < 1.29 is 40.8 Å². The van der Waals surface area contributed by atoms with Crippen molar-refractivity contribution in [1.82, 2.24) is 5.43 Å². The number of oxime groups is 1. The maximum Gasteiger partial charge on any atom is 0.435 e. The van der Waals surface area contributed by atoms with Gasteiger partial charge in [-0.05, 0) is 30.3 Å². The lowest BCUT2D eigenvalue weighted by Crippen LogP contribution is -2.46. The number of carbonyl (C=O) groups is 2. The van der Waals surface area contributed by atoms with Crippen LogP contribution in [0.4, 0.5) is 32.0 Å². The van der Waals surface area contributed by atoms with Gasteiger partial charge in [-0.2, -0.15) is 26.3 Å². The molecule has 0 spiro atoms. The molecule has 2 aromatic carbocycles. The summed E-state index contributed by atoms with van der Waals surface area (Å²) in [5.74, 6) is -1.97. The number of nitrogens with one attached hydrogen (secondary N) is 1. The summed E-state index contributed by atoms with van der Waals surface area (Å²) < 4.78 is 80.0.